The van der Waals surface area contributed by atoms with E-state index in [9.17, 15) is 14.7 Å². The van der Waals surface area contributed by atoms with Gasteiger partial charge in [-0.25, -0.2) is 0 Å². The van der Waals surface area contributed by atoms with Gasteiger partial charge in [0, 0.05) is 6.04 Å². The molecule has 1 aliphatic rings. The zero-order valence-electron chi connectivity index (χ0n) is 10.9. The number of aliphatic carboxylic acids is 1. The molecule has 2 atom stereocenters. The first-order valence-corrected chi connectivity index (χ1v) is 6.15. The molecule has 20 heavy (non-hydrogen) atoms. The lowest BCUT2D eigenvalue weighted by Crippen LogP contribution is -2.34. The maximum atomic E-state index is 11.3. The minimum absolute atomic E-state index is 0.0347. The average Bonchev–Trinajstić information content (AvgIpc) is 2.43. The van der Waals surface area contributed by atoms with E-state index in [-0.39, 0.29) is 18.9 Å². The van der Waals surface area contributed by atoms with E-state index in [1.165, 1.54) is 0 Å². The molecule has 7 heteroatoms. The van der Waals surface area contributed by atoms with Crippen LogP contribution in [0.3, 0.4) is 0 Å². The first-order valence-electron chi connectivity index (χ1n) is 6.15. The van der Waals surface area contributed by atoms with Crippen LogP contribution in [0, 0.1) is 0 Å². The zero-order chi connectivity index (χ0) is 14.7. The molecule has 1 heterocycles. The molecule has 2 unspecified atom stereocenters. The van der Waals surface area contributed by atoms with E-state index in [2.05, 4.69) is 10.6 Å². The third-order valence-electron chi connectivity index (χ3n) is 3.12. The number of amides is 1. The molecule has 0 aromatic heterocycles. The highest BCUT2D eigenvalue weighted by atomic mass is 16.5. The fourth-order valence-corrected chi connectivity index (χ4v) is 2.08. The fourth-order valence-electron chi connectivity index (χ4n) is 2.08. The number of carboxylic acids is 1. The highest BCUT2D eigenvalue weighted by Gasteiger charge is 2.24. The van der Waals surface area contributed by atoms with E-state index in [0.29, 0.717) is 17.0 Å². The van der Waals surface area contributed by atoms with Crippen LogP contribution in [0.5, 0.6) is 5.75 Å². The first-order chi connectivity index (χ1) is 9.51. The molecule has 1 aromatic carbocycles. The van der Waals surface area contributed by atoms with E-state index in [0.717, 1.165) is 0 Å². The van der Waals surface area contributed by atoms with Crippen LogP contribution < -0.4 is 15.4 Å². The van der Waals surface area contributed by atoms with E-state index in [4.69, 9.17) is 9.84 Å². The summed E-state index contributed by atoms with van der Waals surface area (Å²) in [7, 11) is 1.58. The Morgan fingerprint density at radius 3 is 2.95 bits per heavy atom. The van der Waals surface area contributed by atoms with Gasteiger partial charge in [-0.3, -0.25) is 9.59 Å². The van der Waals surface area contributed by atoms with Crippen molar-refractivity contribution < 1.29 is 24.5 Å². The van der Waals surface area contributed by atoms with Gasteiger partial charge >= 0.3 is 5.97 Å². The minimum Gasteiger partial charge on any atom is -0.482 e. The number of carboxylic acid groups (broad SMARTS) is 1. The lowest BCUT2D eigenvalue weighted by molar-refractivity contribution is -0.138. The number of benzene rings is 1. The molecule has 1 aliphatic heterocycles. The lowest BCUT2D eigenvalue weighted by Gasteiger charge is -2.24. The van der Waals surface area contributed by atoms with E-state index < -0.39 is 18.1 Å². The molecule has 1 aromatic rings. The molecule has 0 fully saturated rings. The average molecular weight is 280 g/mol. The third kappa shape index (κ3) is 3.06. The summed E-state index contributed by atoms with van der Waals surface area (Å²) in [5.41, 5.74) is 0.984. The minimum atomic E-state index is -1.00. The predicted molar refractivity (Wildman–Crippen MR) is 70.6 cm³/mol. The summed E-state index contributed by atoms with van der Waals surface area (Å²) in [5.74, 6) is -0.738. The van der Waals surface area contributed by atoms with Gasteiger partial charge in [-0.05, 0) is 24.7 Å². The van der Waals surface area contributed by atoms with Gasteiger partial charge in [-0.2, -0.15) is 0 Å². The van der Waals surface area contributed by atoms with Gasteiger partial charge in [0.05, 0.1) is 18.2 Å². The Bertz CT molecular complexity index is 531. The van der Waals surface area contributed by atoms with Crippen LogP contribution in [0.1, 0.15) is 18.1 Å². The second-order valence-corrected chi connectivity index (χ2v) is 4.53. The number of rotatable bonds is 5. The van der Waals surface area contributed by atoms with E-state index >= 15 is 0 Å². The Balaban J connectivity index is 2.21. The molecule has 4 N–H and O–H groups in total. The van der Waals surface area contributed by atoms with Crippen LogP contribution in [0.15, 0.2) is 18.2 Å². The number of aliphatic hydroxyl groups is 1. The molecule has 7 nitrogen and oxygen atoms in total. The smallest absolute Gasteiger partial charge is 0.305 e. The molecule has 0 bridgehead atoms. The summed E-state index contributed by atoms with van der Waals surface area (Å²) in [6.07, 6.45) is -1.21. The highest BCUT2D eigenvalue weighted by Crippen LogP contribution is 2.31. The molecular weight excluding hydrogens is 264 g/mol. The first kappa shape index (κ1) is 14.3. The van der Waals surface area contributed by atoms with Crippen molar-refractivity contribution in [2.24, 2.45) is 0 Å². The Hall–Kier alpha value is -2.12. The maximum Gasteiger partial charge on any atom is 0.305 e. The van der Waals surface area contributed by atoms with Gasteiger partial charge in [-0.15, -0.1) is 0 Å². The quantitative estimate of drug-likeness (QED) is 0.610. The van der Waals surface area contributed by atoms with Gasteiger partial charge < -0.3 is 25.6 Å². The van der Waals surface area contributed by atoms with Crippen molar-refractivity contribution in [1.29, 1.82) is 0 Å². The topological polar surface area (TPSA) is 108 Å². The number of hydrogen-bond acceptors (Lipinski definition) is 5. The number of fused-ring (bicyclic) bond motifs is 1. The number of hydrogen-bond donors (Lipinski definition) is 4. The maximum absolute atomic E-state index is 11.3. The Morgan fingerprint density at radius 2 is 2.30 bits per heavy atom. The van der Waals surface area contributed by atoms with Gasteiger partial charge in [-0.1, -0.05) is 6.07 Å². The molecule has 0 spiro atoms. The van der Waals surface area contributed by atoms with Crippen LogP contribution in [-0.4, -0.2) is 41.8 Å². The van der Waals surface area contributed by atoms with Crippen molar-refractivity contribution in [3.8, 4) is 5.75 Å². The molecule has 2 rings (SSSR count). The third-order valence-corrected chi connectivity index (χ3v) is 3.12. The summed E-state index contributed by atoms with van der Waals surface area (Å²) < 4.78 is 5.22. The summed E-state index contributed by atoms with van der Waals surface area (Å²) in [5, 5.41) is 24.4. The van der Waals surface area contributed by atoms with Crippen molar-refractivity contribution in [3.63, 3.8) is 0 Å². The molecular formula is C13H16N2O5. The van der Waals surface area contributed by atoms with Crippen molar-refractivity contribution in [3.05, 3.63) is 23.8 Å². The molecule has 0 radical (unpaired) electrons. The Kier molecular flexibility index (Phi) is 4.21. The van der Waals surface area contributed by atoms with Crippen LogP contribution in [0.4, 0.5) is 5.69 Å². The van der Waals surface area contributed by atoms with Gasteiger partial charge in [0.25, 0.3) is 5.91 Å². The second-order valence-electron chi connectivity index (χ2n) is 4.53. The van der Waals surface area contributed by atoms with Crippen molar-refractivity contribution in [2.75, 3.05) is 19.0 Å². The zero-order valence-corrected chi connectivity index (χ0v) is 10.9. The van der Waals surface area contributed by atoms with Gasteiger partial charge in [0.1, 0.15) is 5.75 Å². The predicted octanol–water partition coefficient (Wildman–Crippen LogP) is 0.114. The monoisotopic (exact) mass is 280 g/mol. The number of aliphatic hydroxyl groups excluding tert-OH is 1. The van der Waals surface area contributed by atoms with Crippen LogP contribution in [0.25, 0.3) is 0 Å². The number of nitrogens with one attached hydrogen (secondary N) is 2. The largest absolute Gasteiger partial charge is 0.482 e. The normalized spacial score (nSPS) is 16.6. The molecule has 0 saturated heterocycles. The lowest BCUT2D eigenvalue weighted by atomic mass is 9.99. The number of ether oxygens (including phenoxy) is 1. The van der Waals surface area contributed by atoms with E-state index in [1.54, 1.807) is 25.2 Å². The Labute approximate surface area is 115 Å². The standard InChI is InChI=1S/C13H16N2O5/c1-14-9(5-12(17)18)13(19)7-2-3-10-8(4-7)15-11(16)6-20-10/h2-4,9,13-14,19H,5-6H2,1H3,(H,15,16)(H,17,18). The van der Waals surface area contributed by atoms with Crippen molar-refractivity contribution in [1.82, 2.24) is 5.32 Å². The SMILES string of the molecule is CNC(CC(=O)O)C(O)c1ccc2c(c1)NC(=O)CO2. The molecule has 0 saturated carbocycles. The van der Waals surface area contributed by atoms with Crippen LogP contribution in [-0.2, 0) is 9.59 Å². The van der Waals surface area contributed by atoms with Crippen LogP contribution in [0.2, 0.25) is 0 Å². The summed E-state index contributed by atoms with van der Waals surface area (Å²) >= 11 is 0. The van der Waals surface area contributed by atoms with Crippen molar-refractivity contribution in [2.45, 2.75) is 18.6 Å². The van der Waals surface area contributed by atoms with Gasteiger partial charge in [0.15, 0.2) is 6.61 Å². The highest BCUT2D eigenvalue weighted by molar-refractivity contribution is 5.95. The summed E-state index contributed by atoms with van der Waals surface area (Å²) in [6, 6.07) is 4.25. The number of carbonyl (C=O) groups is 2. The number of likely N-dealkylation sites (N-methyl/N-ethyl adjacent to an activating group) is 1. The number of carbonyl (C=O) groups excluding carboxylic acids is 1. The van der Waals surface area contributed by atoms with Crippen molar-refractivity contribution >= 4 is 17.6 Å². The fraction of sp³-hybridized carbons (Fsp3) is 0.385. The van der Waals surface area contributed by atoms with Crippen LogP contribution >= 0.6 is 0 Å². The molecule has 0 aliphatic carbocycles. The van der Waals surface area contributed by atoms with E-state index in [1.807, 2.05) is 0 Å². The molecule has 1 amide bonds. The summed E-state index contributed by atoms with van der Waals surface area (Å²) in [6.45, 7) is -0.0347. The second kappa shape index (κ2) is 5.89. The summed E-state index contributed by atoms with van der Waals surface area (Å²) in [4.78, 5) is 22.0. The van der Waals surface area contributed by atoms with Gasteiger partial charge in [0.2, 0.25) is 0 Å². The number of anilines is 1. The Morgan fingerprint density at radius 1 is 1.55 bits per heavy atom. The molecule has 108 valence electrons.